The van der Waals surface area contributed by atoms with E-state index < -0.39 is 46.6 Å². The first kappa shape index (κ1) is 23.3. The molecule has 0 radical (unpaired) electrons. The van der Waals surface area contributed by atoms with Crippen molar-refractivity contribution in [2.24, 2.45) is 0 Å². The molecule has 0 aliphatic carbocycles. The van der Waals surface area contributed by atoms with E-state index in [1.54, 1.807) is 41.5 Å². The summed E-state index contributed by atoms with van der Waals surface area (Å²) in [6.45, 7) is 10.1. The van der Waals surface area contributed by atoms with Crippen molar-refractivity contribution in [1.82, 2.24) is 15.3 Å². The Labute approximate surface area is 163 Å². The number of esters is 2. The van der Waals surface area contributed by atoms with Gasteiger partial charge in [0.05, 0.1) is 0 Å². The molecule has 1 rings (SSSR count). The van der Waals surface area contributed by atoms with Crippen molar-refractivity contribution >= 4 is 23.8 Å². The minimum absolute atomic E-state index is 0.0903. The highest BCUT2D eigenvalue weighted by atomic mass is 19.1. The Bertz CT molecular complexity index is 740. The fourth-order valence-corrected chi connectivity index (χ4v) is 2.04. The lowest BCUT2D eigenvalue weighted by Crippen LogP contribution is -2.45. The number of carbonyl (C=O) groups excluding carboxylic acids is 3. The van der Waals surface area contributed by atoms with Crippen LogP contribution in [0.25, 0.3) is 0 Å². The molecule has 0 saturated carbocycles. The number of hydrogen-bond acceptors (Lipinski definition) is 8. The first-order valence-electron chi connectivity index (χ1n) is 8.71. The van der Waals surface area contributed by atoms with Gasteiger partial charge in [0.1, 0.15) is 22.8 Å². The van der Waals surface area contributed by atoms with E-state index in [2.05, 4.69) is 15.3 Å². The molecular weight excluding hydrogens is 371 g/mol. The summed E-state index contributed by atoms with van der Waals surface area (Å²) in [5.41, 5.74) is 3.27. The molecule has 0 saturated heterocycles. The topological polar surface area (TPSA) is 133 Å². The van der Waals surface area contributed by atoms with Gasteiger partial charge < -0.3 is 20.5 Å². The summed E-state index contributed by atoms with van der Waals surface area (Å²) in [6.07, 6.45) is 0.669. The Balaban J connectivity index is 2.92. The van der Waals surface area contributed by atoms with E-state index in [0.29, 0.717) is 0 Å². The van der Waals surface area contributed by atoms with Crippen LogP contribution in [-0.2, 0) is 19.1 Å². The molecule has 156 valence electrons. The lowest BCUT2D eigenvalue weighted by molar-refractivity contribution is -0.158. The number of hydrogen-bond donors (Lipinski definition) is 2. The number of nitrogen functional groups attached to an aromatic ring is 1. The van der Waals surface area contributed by atoms with Gasteiger partial charge in [-0.2, -0.15) is 9.37 Å². The van der Waals surface area contributed by atoms with E-state index in [1.165, 1.54) is 0 Å². The molecule has 3 N–H and O–H groups in total. The highest BCUT2D eigenvalue weighted by Gasteiger charge is 2.29. The Morgan fingerprint density at radius 2 is 1.71 bits per heavy atom. The average Bonchev–Trinajstić information content (AvgIpc) is 2.47. The molecule has 1 aromatic heterocycles. The second-order valence-corrected chi connectivity index (χ2v) is 8.12. The fourth-order valence-electron chi connectivity index (χ4n) is 2.04. The smallest absolute Gasteiger partial charge is 0.329 e. The van der Waals surface area contributed by atoms with Crippen molar-refractivity contribution in [2.75, 3.05) is 5.73 Å². The zero-order valence-electron chi connectivity index (χ0n) is 17.0. The predicted octanol–water partition coefficient (Wildman–Crippen LogP) is 1.76. The molecule has 1 heterocycles. The SMILES string of the molecule is CC(C)(C)OC(=O)CCC(NC(=O)c1cnc(N)nc1F)C(=O)OC(C)(C)C. The molecule has 1 amide bonds. The summed E-state index contributed by atoms with van der Waals surface area (Å²) < 4.78 is 24.3. The normalized spacial score (nSPS) is 12.8. The Hall–Kier alpha value is -2.78. The first-order valence-corrected chi connectivity index (χ1v) is 8.71. The van der Waals surface area contributed by atoms with Gasteiger partial charge in [-0.1, -0.05) is 0 Å². The minimum atomic E-state index is -1.20. The van der Waals surface area contributed by atoms with E-state index >= 15 is 0 Å². The molecule has 9 nitrogen and oxygen atoms in total. The van der Waals surface area contributed by atoms with E-state index in [0.717, 1.165) is 6.20 Å². The van der Waals surface area contributed by atoms with Crippen molar-refractivity contribution in [1.29, 1.82) is 0 Å². The van der Waals surface area contributed by atoms with Crippen LogP contribution in [0.5, 0.6) is 0 Å². The second kappa shape index (κ2) is 8.94. The summed E-state index contributed by atoms with van der Waals surface area (Å²) in [5.74, 6) is -3.70. The quantitative estimate of drug-likeness (QED) is 0.547. The highest BCUT2D eigenvalue weighted by Crippen LogP contribution is 2.14. The van der Waals surface area contributed by atoms with E-state index in [-0.39, 0.29) is 18.8 Å². The van der Waals surface area contributed by atoms with Crippen LogP contribution in [0.2, 0.25) is 0 Å². The maximum absolute atomic E-state index is 13.8. The molecule has 1 unspecified atom stereocenters. The van der Waals surface area contributed by atoms with Gasteiger partial charge in [-0.05, 0) is 48.0 Å². The van der Waals surface area contributed by atoms with E-state index in [4.69, 9.17) is 15.2 Å². The summed E-state index contributed by atoms with van der Waals surface area (Å²) in [7, 11) is 0. The van der Waals surface area contributed by atoms with Gasteiger partial charge in [0.15, 0.2) is 0 Å². The van der Waals surface area contributed by atoms with Gasteiger partial charge in [0, 0.05) is 12.6 Å². The molecule has 0 aromatic carbocycles. The maximum atomic E-state index is 13.8. The van der Waals surface area contributed by atoms with Crippen LogP contribution < -0.4 is 11.1 Å². The molecule has 0 aliphatic rings. The maximum Gasteiger partial charge on any atom is 0.329 e. The van der Waals surface area contributed by atoms with Crippen LogP contribution in [0.15, 0.2) is 6.20 Å². The van der Waals surface area contributed by atoms with E-state index in [9.17, 15) is 18.8 Å². The van der Waals surface area contributed by atoms with Crippen LogP contribution in [0.4, 0.5) is 10.3 Å². The second-order valence-electron chi connectivity index (χ2n) is 8.12. The number of amides is 1. The minimum Gasteiger partial charge on any atom is -0.460 e. The average molecular weight is 398 g/mol. The number of anilines is 1. The van der Waals surface area contributed by atoms with Crippen LogP contribution in [0.1, 0.15) is 64.7 Å². The number of ether oxygens (including phenoxy) is 2. The number of aromatic nitrogens is 2. The van der Waals surface area contributed by atoms with Gasteiger partial charge >= 0.3 is 11.9 Å². The molecule has 0 spiro atoms. The molecule has 10 heteroatoms. The van der Waals surface area contributed by atoms with Crippen molar-refractivity contribution < 1.29 is 28.2 Å². The zero-order valence-corrected chi connectivity index (χ0v) is 17.0. The third-order valence-electron chi connectivity index (χ3n) is 3.06. The molecular formula is C18H27FN4O5. The van der Waals surface area contributed by atoms with Crippen LogP contribution in [0.3, 0.4) is 0 Å². The first-order chi connectivity index (χ1) is 12.7. The lowest BCUT2D eigenvalue weighted by Gasteiger charge is -2.25. The number of halogens is 1. The Kier molecular flexibility index (Phi) is 7.43. The number of nitrogens with one attached hydrogen (secondary N) is 1. The van der Waals surface area contributed by atoms with Crippen LogP contribution in [0, 0.1) is 5.95 Å². The third kappa shape index (κ3) is 8.28. The van der Waals surface area contributed by atoms with Crippen LogP contribution in [-0.4, -0.2) is 45.1 Å². The highest BCUT2D eigenvalue weighted by molar-refractivity contribution is 5.96. The largest absolute Gasteiger partial charge is 0.460 e. The molecule has 0 bridgehead atoms. The van der Waals surface area contributed by atoms with Crippen molar-refractivity contribution in [3.8, 4) is 0 Å². The summed E-state index contributed by atoms with van der Waals surface area (Å²) in [4.78, 5) is 43.5. The Morgan fingerprint density at radius 1 is 1.14 bits per heavy atom. The van der Waals surface area contributed by atoms with Crippen molar-refractivity contribution in [2.45, 2.75) is 71.6 Å². The molecule has 1 aromatic rings. The lowest BCUT2D eigenvalue weighted by atomic mass is 10.1. The van der Waals surface area contributed by atoms with Gasteiger partial charge in [0.25, 0.3) is 5.91 Å². The molecule has 1 atom stereocenters. The monoisotopic (exact) mass is 398 g/mol. The van der Waals surface area contributed by atoms with Gasteiger partial charge in [-0.25, -0.2) is 9.78 Å². The Morgan fingerprint density at radius 3 is 2.21 bits per heavy atom. The van der Waals surface area contributed by atoms with Gasteiger partial charge in [-0.15, -0.1) is 0 Å². The molecule has 0 aliphatic heterocycles. The fraction of sp³-hybridized carbons (Fsp3) is 0.611. The van der Waals surface area contributed by atoms with Gasteiger partial charge in [0.2, 0.25) is 11.9 Å². The standard InChI is InChI=1S/C18H27FN4O5/c1-17(2,3)27-12(24)8-7-11(15(26)28-18(4,5)6)22-14(25)10-9-21-16(20)23-13(10)19/h9,11H,7-8H2,1-6H3,(H,22,25)(H2,20,21,23). The number of rotatable bonds is 6. The van der Waals surface area contributed by atoms with Gasteiger partial charge in [-0.3, -0.25) is 9.59 Å². The van der Waals surface area contributed by atoms with Crippen molar-refractivity contribution in [3.63, 3.8) is 0 Å². The summed E-state index contributed by atoms with van der Waals surface area (Å²) in [5, 5.41) is 2.35. The van der Waals surface area contributed by atoms with Crippen LogP contribution >= 0.6 is 0 Å². The van der Waals surface area contributed by atoms with Crippen molar-refractivity contribution in [3.05, 3.63) is 17.7 Å². The number of nitrogens with two attached hydrogens (primary N) is 1. The summed E-state index contributed by atoms with van der Waals surface area (Å²) >= 11 is 0. The molecule has 0 fully saturated rings. The molecule has 28 heavy (non-hydrogen) atoms. The van der Waals surface area contributed by atoms with E-state index in [1.807, 2.05) is 0 Å². The number of nitrogens with zero attached hydrogens (tertiary/aromatic N) is 2. The predicted molar refractivity (Wildman–Crippen MR) is 98.6 cm³/mol. The third-order valence-corrected chi connectivity index (χ3v) is 3.06. The zero-order chi connectivity index (χ0) is 21.7. The summed E-state index contributed by atoms with van der Waals surface area (Å²) in [6, 6.07) is -1.20. The number of carbonyl (C=O) groups is 3.